The highest BCUT2D eigenvalue weighted by Gasteiger charge is 2.11. The van der Waals surface area contributed by atoms with Crippen LogP contribution in [-0.2, 0) is 4.79 Å². The molecule has 0 saturated heterocycles. The van der Waals surface area contributed by atoms with E-state index in [1.807, 2.05) is 13.8 Å². The van der Waals surface area contributed by atoms with Crippen LogP contribution in [0.3, 0.4) is 0 Å². The van der Waals surface area contributed by atoms with Crippen LogP contribution in [-0.4, -0.2) is 11.1 Å². The van der Waals surface area contributed by atoms with Crippen molar-refractivity contribution in [1.82, 2.24) is 0 Å². The zero-order valence-electron chi connectivity index (χ0n) is 12.1. The Kier molecular flexibility index (Phi) is 4.33. The molecule has 0 heterocycles. The Labute approximate surface area is 109 Å². The number of benzene rings is 1. The molecule has 1 N–H and O–H groups in total. The van der Waals surface area contributed by atoms with Crippen LogP contribution >= 0.6 is 0 Å². The zero-order valence-corrected chi connectivity index (χ0v) is 12.1. The summed E-state index contributed by atoms with van der Waals surface area (Å²) in [5.41, 5.74) is 8.31. The first-order chi connectivity index (χ1) is 8.25. The lowest BCUT2D eigenvalue weighted by atomic mass is 9.89. The predicted molar refractivity (Wildman–Crippen MR) is 75.9 cm³/mol. The fourth-order valence-electron chi connectivity index (χ4n) is 2.19. The smallest absolute Gasteiger partial charge is 0.307 e. The van der Waals surface area contributed by atoms with Gasteiger partial charge < -0.3 is 5.11 Å². The molecule has 2 heteroatoms. The molecule has 2 nitrogen and oxygen atoms in total. The number of aliphatic carboxylic acids is 1. The second kappa shape index (κ2) is 5.38. The van der Waals surface area contributed by atoms with E-state index in [1.165, 1.54) is 27.8 Å². The lowest BCUT2D eigenvalue weighted by molar-refractivity contribution is -0.136. The summed E-state index contributed by atoms with van der Waals surface area (Å²) in [6.45, 7) is 12.4. The molecule has 1 aromatic rings. The number of hydrogen-bond donors (Lipinski definition) is 1. The minimum atomic E-state index is -0.773. The van der Waals surface area contributed by atoms with E-state index in [0.29, 0.717) is 0 Å². The highest BCUT2D eigenvalue weighted by atomic mass is 16.4. The molecule has 0 aromatic heterocycles. The molecule has 0 fully saturated rings. The van der Waals surface area contributed by atoms with Crippen molar-refractivity contribution in [2.75, 3.05) is 0 Å². The van der Waals surface area contributed by atoms with Gasteiger partial charge in [0.1, 0.15) is 0 Å². The van der Waals surface area contributed by atoms with Crippen molar-refractivity contribution in [1.29, 1.82) is 0 Å². The van der Waals surface area contributed by atoms with E-state index in [0.717, 1.165) is 11.1 Å². The molecule has 98 valence electrons. The third kappa shape index (κ3) is 2.81. The Morgan fingerprint density at radius 3 is 2.11 bits per heavy atom. The molecule has 0 amide bonds. The molecule has 18 heavy (non-hydrogen) atoms. The summed E-state index contributed by atoms with van der Waals surface area (Å²) in [4.78, 5) is 10.8. The first kappa shape index (κ1) is 14.5. The number of carbonyl (C=O) groups is 1. The maximum Gasteiger partial charge on any atom is 0.307 e. The highest BCUT2D eigenvalue weighted by molar-refractivity contribution is 5.78. The van der Waals surface area contributed by atoms with Crippen LogP contribution in [0.15, 0.2) is 11.6 Å². The van der Waals surface area contributed by atoms with Gasteiger partial charge in [-0.25, -0.2) is 0 Å². The van der Waals surface area contributed by atoms with E-state index < -0.39 is 5.97 Å². The molecule has 0 bridgehead atoms. The van der Waals surface area contributed by atoms with Gasteiger partial charge in [0.15, 0.2) is 0 Å². The number of allylic oxidation sites excluding steroid dienone is 1. The van der Waals surface area contributed by atoms with Gasteiger partial charge in [0.2, 0.25) is 0 Å². The Balaban J connectivity index is 3.38. The molecule has 0 unspecified atom stereocenters. The monoisotopic (exact) mass is 246 g/mol. The fraction of sp³-hybridized carbons (Fsp3) is 0.438. The van der Waals surface area contributed by atoms with Gasteiger partial charge in [0.05, 0.1) is 6.42 Å². The first-order valence-corrected chi connectivity index (χ1v) is 6.21. The van der Waals surface area contributed by atoms with Gasteiger partial charge in [-0.3, -0.25) is 4.79 Å². The molecule has 1 rings (SSSR count). The van der Waals surface area contributed by atoms with E-state index in [9.17, 15) is 4.79 Å². The zero-order chi connectivity index (χ0) is 14.0. The molecular formula is C16H22O2. The van der Waals surface area contributed by atoms with Crippen LogP contribution in [0.1, 0.15) is 48.1 Å². The van der Waals surface area contributed by atoms with Crippen LogP contribution in [0.4, 0.5) is 0 Å². The molecule has 0 aliphatic carbocycles. The van der Waals surface area contributed by atoms with Gasteiger partial charge in [0.25, 0.3) is 0 Å². The second-order valence-corrected chi connectivity index (χ2v) is 5.09. The number of carboxylic acids is 1. The largest absolute Gasteiger partial charge is 0.481 e. The minimum absolute atomic E-state index is 0.108. The first-order valence-electron chi connectivity index (χ1n) is 6.21. The standard InChI is InChI=1S/C16H22O2/c1-9-7-15(14(6)13(5)11(9)3)12(4)10(2)8-16(17)18/h7H,8H2,1-6H3,(H,17,18)/b12-10-. The SMILES string of the molecule is C/C(CC(=O)O)=C(\C)c1cc(C)c(C)c(C)c1C. The van der Waals surface area contributed by atoms with Gasteiger partial charge in [-0.15, -0.1) is 0 Å². The molecule has 0 aliphatic heterocycles. The van der Waals surface area contributed by atoms with Gasteiger partial charge >= 0.3 is 5.97 Å². The van der Waals surface area contributed by atoms with Crippen LogP contribution in [0, 0.1) is 27.7 Å². The van der Waals surface area contributed by atoms with Gasteiger partial charge in [-0.05, 0) is 74.9 Å². The van der Waals surface area contributed by atoms with Crippen LogP contribution in [0.5, 0.6) is 0 Å². The van der Waals surface area contributed by atoms with Crippen molar-refractivity contribution in [2.24, 2.45) is 0 Å². The lowest BCUT2D eigenvalue weighted by Crippen LogP contribution is -2.00. The van der Waals surface area contributed by atoms with Crippen molar-refractivity contribution < 1.29 is 9.90 Å². The third-order valence-electron chi connectivity index (χ3n) is 3.94. The van der Waals surface area contributed by atoms with Crippen molar-refractivity contribution in [3.05, 3.63) is 39.5 Å². The highest BCUT2D eigenvalue weighted by Crippen LogP contribution is 2.29. The molecule has 0 spiro atoms. The molecule has 0 aliphatic rings. The van der Waals surface area contributed by atoms with Crippen molar-refractivity contribution in [2.45, 2.75) is 48.0 Å². The molecular weight excluding hydrogens is 224 g/mol. The molecule has 0 radical (unpaired) electrons. The van der Waals surface area contributed by atoms with Gasteiger partial charge in [0, 0.05) is 0 Å². The summed E-state index contributed by atoms with van der Waals surface area (Å²) < 4.78 is 0. The summed E-state index contributed by atoms with van der Waals surface area (Å²) in [7, 11) is 0. The topological polar surface area (TPSA) is 37.3 Å². The second-order valence-electron chi connectivity index (χ2n) is 5.09. The van der Waals surface area contributed by atoms with Crippen LogP contribution in [0.2, 0.25) is 0 Å². The van der Waals surface area contributed by atoms with Crippen molar-refractivity contribution in [3.8, 4) is 0 Å². The fourth-order valence-corrected chi connectivity index (χ4v) is 2.19. The number of hydrogen-bond acceptors (Lipinski definition) is 1. The van der Waals surface area contributed by atoms with Gasteiger partial charge in [-0.2, -0.15) is 0 Å². The summed E-state index contributed by atoms with van der Waals surface area (Å²) >= 11 is 0. The predicted octanol–water partition coefficient (Wildman–Crippen LogP) is 4.19. The number of aryl methyl sites for hydroxylation is 1. The van der Waals surface area contributed by atoms with E-state index in [4.69, 9.17) is 5.11 Å². The lowest BCUT2D eigenvalue weighted by Gasteiger charge is -2.16. The van der Waals surface area contributed by atoms with Crippen molar-refractivity contribution in [3.63, 3.8) is 0 Å². The quantitative estimate of drug-likeness (QED) is 0.868. The maximum atomic E-state index is 10.8. The summed E-state index contributed by atoms with van der Waals surface area (Å²) in [5, 5.41) is 8.87. The van der Waals surface area contributed by atoms with Gasteiger partial charge in [-0.1, -0.05) is 11.6 Å². The molecule has 0 saturated carbocycles. The van der Waals surface area contributed by atoms with Crippen LogP contribution in [0.25, 0.3) is 5.57 Å². The molecule has 0 atom stereocenters. The van der Waals surface area contributed by atoms with E-state index in [1.54, 1.807) is 0 Å². The minimum Gasteiger partial charge on any atom is -0.481 e. The van der Waals surface area contributed by atoms with Crippen LogP contribution < -0.4 is 0 Å². The Hall–Kier alpha value is -1.57. The Morgan fingerprint density at radius 1 is 1.06 bits per heavy atom. The van der Waals surface area contributed by atoms with Crippen molar-refractivity contribution >= 4 is 11.5 Å². The van der Waals surface area contributed by atoms with E-state index >= 15 is 0 Å². The third-order valence-corrected chi connectivity index (χ3v) is 3.94. The maximum absolute atomic E-state index is 10.8. The van der Waals surface area contributed by atoms with E-state index in [-0.39, 0.29) is 6.42 Å². The average molecular weight is 246 g/mol. The normalized spacial score (nSPS) is 12.3. The summed E-state index contributed by atoms with van der Waals surface area (Å²) in [6.07, 6.45) is 0.108. The average Bonchev–Trinajstić information content (AvgIpc) is 2.29. The molecule has 1 aromatic carbocycles. The number of carboxylic acid groups (broad SMARTS) is 1. The Bertz CT molecular complexity index is 522. The van der Waals surface area contributed by atoms with E-state index in [2.05, 4.69) is 33.8 Å². The summed E-state index contributed by atoms with van der Waals surface area (Å²) in [5.74, 6) is -0.773. The Morgan fingerprint density at radius 2 is 1.61 bits per heavy atom. The number of rotatable bonds is 3. The summed E-state index contributed by atoms with van der Waals surface area (Å²) in [6, 6.07) is 2.17.